The maximum absolute atomic E-state index is 9.76. The van der Waals surface area contributed by atoms with Gasteiger partial charge >= 0.3 is 0 Å². The van der Waals surface area contributed by atoms with Crippen LogP contribution in [-0.4, -0.2) is 10.2 Å². The summed E-state index contributed by atoms with van der Waals surface area (Å²) in [5, 5.41) is 21.7. The molecule has 1 aliphatic carbocycles. The van der Waals surface area contributed by atoms with Crippen LogP contribution in [0.2, 0.25) is 0 Å². The zero-order valence-electron chi connectivity index (χ0n) is 10.9. The molecule has 0 atom stereocenters. The molecule has 0 heterocycles. The minimum Gasteiger partial charge on any atom is -0.392 e. The van der Waals surface area contributed by atoms with Crippen molar-refractivity contribution in [2.24, 2.45) is 0 Å². The Morgan fingerprint density at radius 2 is 1.50 bits per heavy atom. The van der Waals surface area contributed by atoms with Gasteiger partial charge in [0.1, 0.15) is 0 Å². The van der Waals surface area contributed by atoms with Crippen molar-refractivity contribution in [2.75, 3.05) is 0 Å². The lowest BCUT2D eigenvalue weighted by Crippen LogP contribution is -1.97. The van der Waals surface area contributed by atoms with E-state index in [-0.39, 0.29) is 13.2 Å². The molecule has 2 heteroatoms. The monoisotopic (exact) mass is 262 g/mol. The molecule has 20 heavy (non-hydrogen) atoms. The van der Waals surface area contributed by atoms with E-state index in [0.29, 0.717) is 0 Å². The zero-order valence-corrected chi connectivity index (χ0v) is 10.9. The van der Waals surface area contributed by atoms with Crippen molar-refractivity contribution >= 4 is 10.8 Å². The summed E-state index contributed by atoms with van der Waals surface area (Å²) in [4.78, 5) is 0. The second kappa shape index (κ2) is 4.17. The molecule has 0 spiro atoms. The van der Waals surface area contributed by atoms with Crippen LogP contribution in [0, 0.1) is 0 Å². The molecule has 3 aromatic rings. The first-order valence-corrected chi connectivity index (χ1v) is 6.74. The van der Waals surface area contributed by atoms with Crippen molar-refractivity contribution in [3.05, 3.63) is 59.7 Å². The molecule has 2 N–H and O–H groups in total. The zero-order chi connectivity index (χ0) is 13.7. The van der Waals surface area contributed by atoms with Gasteiger partial charge in [-0.05, 0) is 50.2 Å². The second-order valence-corrected chi connectivity index (χ2v) is 5.15. The number of benzene rings is 3. The van der Waals surface area contributed by atoms with E-state index >= 15 is 0 Å². The van der Waals surface area contributed by atoms with Crippen LogP contribution in [0.25, 0.3) is 33.0 Å². The van der Waals surface area contributed by atoms with Gasteiger partial charge in [0.05, 0.1) is 13.2 Å². The Morgan fingerprint density at radius 1 is 0.750 bits per heavy atom. The summed E-state index contributed by atoms with van der Waals surface area (Å²) in [5.41, 5.74) is 6.31. The van der Waals surface area contributed by atoms with Gasteiger partial charge in [-0.3, -0.25) is 0 Å². The smallest absolute Gasteiger partial charge is 0.0691 e. The summed E-state index contributed by atoms with van der Waals surface area (Å²) in [6.07, 6.45) is 0. The van der Waals surface area contributed by atoms with Crippen LogP contribution < -0.4 is 0 Å². The normalized spacial score (nSPS) is 11.9. The highest BCUT2D eigenvalue weighted by Crippen LogP contribution is 2.49. The molecule has 0 aromatic heterocycles. The molecule has 0 amide bonds. The lowest BCUT2D eigenvalue weighted by atomic mass is 9.93. The number of hydrogen-bond acceptors (Lipinski definition) is 2. The fraction of sp³-hybridized carbons (Fsp3) is 0.111. The van der Waals surface area contributed by atoms with Crippen LogP contribution in [0.1, 0.15) is 11.1 Å². The highest BCUT2D eigenvalue weighted by Gasteiger charge is 2.24. The summed E-state index contributed by atoms with van der Waals surface area (Å²) >= 11 is 0. The molecular weight excluding hydrogens is 248 g/mol. The topological polar surface area (TPSA) is 40.5 Å². The fourth-order valence-corrected chi connectivity index (χ4v) is 3.34. The number of hydrogen-bond donors (Lipinski definition) is 2. The molecule has 2 nitrogen and oxygen atoms in total. The van der Waals surface area contributed by atoms with Crippen molar-refractivity contribution in [1.29, 1.82) is 0 Å². The summed E-state index contributed by atoms with van der Waals surface area (Å²) in [5.74, 6) is 0. The van der Waals surface area contributed by atoms with Crippen LogP contribution in [0.3, 0.4) is 0 Å². The summed E-state index contributed by atoms with van der Waals surface area (Å²) in [7, 11) is 0. The Bertz CT molecular complexity index is 834. The Labute approximate surface area is 116 Å². The first-order valence-electron chi connectivity index (χ1n) is 6.74. The average Bonchev–Trinajstić information content (AvgIpc) is 2.84. The molecule has 0 aliphatic heterocycles. The molecule has 3 aromatic carbocycles. The van der Waals surface area contributed by atoms with E-state index in [9.17, 15) is 10.2 Å². The molecule has 0 saturated heterocycles. The number of fused-ring (bicyclic) bond motifs is 3. The van der Waals surface area contributed by atoms with Gasteiger partial charge in [-0.1, -0.05) is 42.5 Å². The predicted molar refractivity (Wildman–Crippen MR) is 80.2 cm³/mol. The van der Waals surface area contributed by atoms with Gasteiger partial charge in [0.25, 0.3) is 0 Å². The number of aliphatic hydroxyl groups is 2. The first-order chi connectivity index (χ1) is 9.85. The maximum Gasteiger partial charge on any atom is 0.0691 e. The van der Waals surface area contributed by atoms with Crippen LogP contribution in [0.4, 0.5) is 0 Å². The minimum atomic E-state index is -0.0518. The molecule has 0 unspecified atom stereocenters. The van der Waals surface area contributed by atoms with Crippen molar-refractivity contribution in [1.82, 2.24) is 0 Å². The largest absolute Gasteiger partial charge is 0.392 e. The fourth-order valence-electron chi connectivity index (χ4n) is 3.34. The van der Waals surface area contributed by atoms with Gasteiger partial charge in [0.2, 0.25) is 0 Å². The quantitative estimate of drug-likeness (QED) is 0.580. The second-order valence-electron chi connectivity index (χ2n) is 5.15. The Morgan fingerprint density at radius 3 is 2.25 bits per heavy atom. The standard InChI is InChI=1S/C18H14O2/c19-9-12-8-11-4-3-7-14-13-5-1-2-6-15(13)18(17(11)14)16(12)10-20/h1-8,19-20H,9-10H2. The van der Waals surface area contributed by atoms with E-state index in [4.69, 9.17) is 0 Å². The average molecular weight is 262 g/mol. The summed E-state index contributed by atoms with van der Waals surface area (Å²) in [6.45, 7) is -0.102. The van der Waals surface area contributed by atoms with E-state index in [1.54, 1.807) is 0 Å². The van der Waals surface area contributed by atoms with Gasteiger partial charge < -0.3 is 10.2 Å². The lowest BCUT2D eigenvalue weighted by Gasteiger charge is -2.12. The molecule has 1 aliphatic rings. The highest BCUT2D eigenvalue weighted by atomic mass is 16.3. The predicted octanol–water partition coefficient (Wildman–Crippen LogP) is 3.47. The van der Waals surface area contributed by atoms with Gasteiger partial charge in [-0.2, -0.15) is 0 Å². The van der Waals surface area contributed by atoms with E-state index in [1.165, 1.54) is 16.5 Å². The number of rotatable bonds is 2. The van der Waals surface area contributed by atoms with Crippen molar-refractivity contribution < 1.29 is 10.2 Å². The van der Waals surface area contributed by atoms with Gasteiger partial charge in [-0.25, -0.2) is 0 Å². The van der Waals surface area contributed by atoms with E-state index < -0.39 is 0 Å². The molecular formula is C18H14O2. The van der Waals surface area contributed by atoms with Crippen LogP contribution in [-0.2, 0) is 13.2 Å². The summed E-state index contributed by atoms with van der Waals surface area (Å²) < 4.78 is 0. The molecule has 98 valence electrons. The third-order valence-electron chi connectivity index (χ3n) is 4.18. The SMILES string of the molecule is OCc1cc2cccc3c2c(c1CO)-c1ccccc1-3. The Balaban J connectivity index is 2.25. The number of aliphatic hydroxyl groups excluding tert-OH is 2. The van der Waals surface area contributed by atoms with Crippen LogP contribution in [0.15, 0.2) is 48.5 Å². The third-order valence-corrected chi connectivity index (χ3v) is 4.18. The molecule has 0 saturated carbocycles. The summed E-state index contributed by atoms with van der Waals surface area (Å²) in [6, 6.07) is 16.5. The van der Waals surface area contributed by atoms with Crippen molar-refractivity contribution in [3.63, 3.8) is 0 Å². The molecule has 0 fully saturated rings. The third kappa shape index (κ3) is 1.35. The Kier molecular flexibility index (Phi) is 2.43. The Hall–Kier alpha value is -2.16. The van der Waals surface area contributed by atoms with Gasteiger partial charge in [0.15, 0.2) is 0 Å². The van der Waals surface area contributed by atoms with Gasteiger partial charge in [0, 0.05) is 0 Å². The molecule has 0 bridgehead atoms. The maximum atomic E-state index is 9.76. The lowest BCUT2D eigenvalue weighted by molar-refractivity contribution is 0.260. The van der Waals surface area contributed by atoms with Crippen molar-refractivity contribution in [2.45, 2.75) is 13.2 Å². The van der Waals surface area contributed by atoms with E-state index in [2.05, 4.69) is 24.3 Å². The van der Waals surface area contributed by atoms with Crippen LogP contribution >= 0.6 is 0 Å². The van der Waals surface area contributed by atoms with Gasteiger partial charge in [-0.15, -0.1) is 0 Å². The van der Waals surface area contributed by atoms with Crippen LogP contribution in [0.5, 0.6) is 0 Å². The van der Waals surface area contributed by atoms with E-state index in [1.807, 2.05) is 24.3 Å². The minimum absolute atomic E-state index is 0.0504. The van der Waals surface area contributed by atoms with E-state index in [0.717, 1.165) is 27.6 Å². The molecule has 4 rings (SSSR count). The highest BCUT2D eigenvalue weighted by molar-refractivity contribution is 6.16. The molecule has 0 radical (unpaired) electrons. The first kappa shape index (κ1) is 11.6. The van der Waals surface area contributed by atoms with Crippen molar-refractivity contribution in [3.8, 4) is 22.3 Å².